The second kappa shape index (κ2) is 7.96. The zero-order valence-corrected chi connectivity index (χ0v) is 13.4. The highest BCUT2D eigenvalue weighted by Gasteiger charge is 2.16. The molecule has 0 N–H and O–H groups in total. The van der Waals surface area contributed by atoms with Gasteiger partial charge in [0.25, 0.3) is 5.69 Å². The molecule has 7 nitrogen and oxygen atoms in total. The molecule has 0 atom stereocenters. The molecule has 0 spiro atoms. The number of nitrogens with zero attached hydrogens (tertiary/aromatic N) is 1. The van der Waals surface area contributed by atoms with Crippen molar-refractivity contribution in [1.29, 1.82) is 0 Å². The maximum absolute atomic E-state index is 11.9. The Hall–Kier alpha value is -3.09. The number of non-ortho nitro benzene ring substituents is 1. The van der Waals surface area contributed by atoms with Gasteiger partial charge in [0, 0.05) is 6.07 Å². The van der Waals surface area contributed by atoms with Gasteiger partial charge in [0.2, 0.25) is 0 Å². The average Bonchev–Trinajstić information content (AvgIpc) is 2.60. The van der Waals surface area contributed by atoms with Crippen molar-refractivity contribution >= 4 is 11.7 Å². The Morgan fingerprint density at radius 1 is 1.12 bits per heavy atom. The van der Waals surface area contributed by atoms with E-state index in [0.717, 1.165) is 18.1 Å². The fraction of sp³-hybridized carbons (Fsp3) is 0.235. The van der Waals surface area contributed by atoms with Crippen LogP contribution in [0.4, 0.5) is 5.69 Å². The van der Waals surface area contributed by atoms with Gasteiger partial charge in [0.05, 0.1) is 18.1 Å². The van der Waals surface area contributed by atoms with Gasteiger partial charge >= 0.3 is 5.97 Å². The number of ether oxygens (including phenoxy) is 3. The van der Waals surface area contributed by atoms with Gasteiger partial charge in [-0.25, -0.2) is 4.79 Å². The number of methoxy groups -OCH3 is 1. The highest BCUT2D eigenvalue weighted by atomic mass is 16.6. The summed E-state index contributed by atoms with van der Waals surface area (Å²) in [5, 5.41) is 10.8. The number of esters is 1. The van der Waals surface area contributed by atoms with Crippen LogP contribution in [0, 0.1) is 10.1 Å². The summed E-state index contributed by atoms with van der Waals surface area (Å²) in [6.07, 6.45) is 0.912. The molecule has 0 unspecified atom stereocenters. The van der Waals surface area contributed by atoms with Crippen LogP contribution >= 0.6 is 0 Å². The molecule has 0 aromatic heterocycles. The molecule has 0 radical (unpaired) electrons. The lowest BCUT2D eigenvalue weighted by atomic mass is 10.2. The molecular formula is C17H17NO6. The Bertz CT molecular complexity index is 726. The van der Waals surface area contributed by atoms with Crippen LogP contribution < -0.4 is 14.2 Å². The quantitative estimate of drug-likeness (QED) is 0.335. The Kier molecular flexibility index (Phi) is 5.73. The topological polar surface area (TPSA) is 87.9 Å². The number of nitro groups is 1. The molecule has 0 saturated heterocycles. The van der Waals surface area contributed by atoms with Gasteiger partial charge in [0.15, 0.2) is 18.1 Å². The highest BCUT2D eigenvalue weighted by Crippen LogP contribution is 2.31. The lowest BCUT2D eigenvalue weighted by Crippen LogP contribution is -2.18. The van der Waals surface area contributed by atoms with Crippen molar-refractivity contribution in [3.05, 3.63) is 58.1 Å². The van der Waals surface area contributed by atoms with E-state index in [1.54, 1.807) is 12.1 Å². The van der Waals surface area contributed by atoms with Crippen molar-refractivity contribution in [3.8, 4) is 17.2 Å². The third-order valence-corrected chi connectivity index (χ3v) is 3.27. The summed E-state index contributed by atoms with van der Waals surface area (Å²) in [5.41, 5.74) is 0.959. The summed E-state index contributed by atoms with van der Waals surface area (Å²) in [6, 6.07) is 11.1. The first-order valence-electron chi connectivity index (χ1n) is 7.28. The van der Waals surface area contributed by atoms with Crippen LogP contribution in [0.2, 0.25) is 0 Å². The van der Waals surface area contributed by atoms with Crippen LogP contribution in [-0.2, 0) is 11.2 Å². The van der Waals surface area contributed by atoms with E-state index in [2.05, 4.69) is 0 Å². The molecule has 126 valence electrons. The van der Waals surface area contributed by atoms with Gasteiger partial charge in [-0.3, -0.25) is 10.1 Å². The molecule has 0 fully saturated rings. The van der Waals surface area contributed by atoms with Crippen molar-refractivity contribution in [2.24, 2.45) is 0 Å². The average molecular weight is 331 g/mol. The summed E-state index contributed by atoms with van der Waals surface area (Å²) in [7, 11) is 1.38. The van der Waals surface area contributed by atoms with Crippen molar-refractivity contribution in [1.82, 2.24) is 0 Å². The predicted octanol–water partition coefficient (Wildman–Crippen LogP) is 3.15. The number of rotatable bonds is 7. The van der Waals surface area contributed by atoms with Gasteiger partial charge in [-0.05, 0) is 30.2 Å². The summed E-state index contributed by atoms with van der Waals surface area (Å²) >= 11 is 0. The van der Waals surface area contributed by atoms with Crippen LogP contribution in [-0.4, -0.2) is 24.6 Å². The van der Waals surface area contributed by atoms with Crippen molar-refractivity contribution in [2.45, 2.75) is 13.3 Å². The van der Waals surface area contributed by atoms with Crippen LogP contribution in [0.15, 0.2) is 42.5 Å². The Balaban J connectivity index is 2.00. The largest absolute Gasteiger partial charge is 0.493 e. The van der Waals surface area contributed by atoms with Crippen LogP contribution in [0.3, 0.4) is 0 Å². The number of aryl methyl sites for hydroxylation is 1. The summed E-state index contributed by atoms with van der Waals surface area (Å²) in [5.74, 6) is 0.0476. The molecule has 7 heteroatoms. The van der Waals surface area contributed by atoms with E-state index >= 15 is 0 Å². The minimum atomic E-state index is -0.687. The number of nitro benzene ring substituents is 1. The van der Waals surface area contributed by atoms with E-state index in [9.17, 15) is 14.9 Å². The molecule has 2 rings (SSSR count). The van der Waals surface area contributed by atoms with Crippen molar-refractivity contribution in [2.75, 3.05) is 13.7 Å². The third kappa shape index (κ3) is 4.45. The Morgan fingerprint density at radius 3 is 2.42 bits per heavy atom. The van der Waals surface area contributed by atoms with Crippen LogP contribution in [0.25, 0.3) is 0 Å². The molecule has 0 amide bonds. The molecule has 0 heterocycles. The molecular weight excluding hydrogens is 314 g/mol. The first-order valence-corrected chi connectivity index (χ1v) is 7.28. The zero-order chi connectivity index (χ0) is 17.5. The monoisotopic (exact) mass is 331 g/mol. The molecule has 0 saturated carbocycles. The molecule has 0 aliphatic rings. The molecule has 2 aromatic rings. The number of hydrogen-bond donors (Lipinski definition) is 0. The number of hydrogen-bond acceptors (Lipinski definition) is 6. The lowest BCUT2D eigenvalue weighted by Gasteiger charge is -2.10. The van der Waals surface area contributed by atoms with Gasteiger partial charge in [-0.1, -0.05) is 19.1 Å². The van der Waals surface area contributed by atoms with Crippen molar-refractivity contribution < 1.29 is 23.9 Å². The van der Waals surface area contributed by atoms with Gasteiger partial charge in [-0.15, -0.1) is 0 Å². The number of carbonyl (C=O) groups excluding carboxylic acids is 1. The molecule has 2 aromatic carbocycles. The normalized spacial score (nSPS) is 10.1. The van der Waals surface area contributed by atoms with Crippen LogP contribution in [0.5, 0.6) is 17.2 Å². The summed E-state index contributed by atoms with van der Waals surface area (Å²) in [6.45, 7) is 1.72. The molecule has 0 bridgehead atoms. The first-order chi connectivity index (χ1) is 11.5. The van der Waals surface area contributed by atoms with E-state index in [0.29, 0.717) is 5.75 Å². The standard InChI is InChI=1S/C17H17NO6/c1-3-12-4-7-14(8-5-12)23-11-17(19)24-16-10-13(18(20)21)6-9-15(16)22-2/h4-10H,3,11H2,1-2H3. The maximum Gasteiger partial charge on any atom is 0.349 e. The number of carbonyl (C=O) groups is 1. The van der Waals surface area contributed by atoms with E-state index in [1.807, 2.05) is 19.1 Å². The Morgan fingerprint density at radius 2 is 1.83 bits per heavy atom. The predicted molar refractivity (Wildman–Crippen MR) is 86.6 cm³/mol. The van der Waals surface area contributed by atoms with E-state index in [-0.39, 0.29) is 23.8 Å². The Labute approximate surface area is 138 Å². The van der Waals surface area contributed by atoms with Crippen molar-refractivity contribution in [3.63, 3.8) is 0 Å². The minimum absolute atomic E-state index is 0.0263. The number of benzene rings is 2. The second-order valence-electron chi connectivity index (χ2n) is 4.85. The second-order valence-corrected chi connectivity index (χ2v) is 4.85. The zero-order valence-electron chi connectivity index (χ0n) is 13.4. The van der Waals surface area contributed by atoms with E-state index < -0.39 is 10.9 Å². The lowest BCUT2D eigenvalue weighted by molar-refractivity contribution is -0.384. The molecule has 24 heavy (non-hydrogen) atoms. The fourth-order valence-electron chi connectivity index (χ4n) is 1.97. The smallest absolute Gasteiger partial charge is 0.349 e. The SMILES string of the molecule is CCc1ccc(OCC(=O)Oc2cc([N+](=O)[O-])ccc2OC)cc1. The maximum atomic E-state index is 11.9. The highest BCUT2D eigenvalue weighted by molar-refractivity contribution is 5.75. The summed E-state index contributed by atoms with van der Waals surface area (Å²) < 4.78 is 15.5. The minimum Gasteiger partial charge on any atom is -0.493 e. The summed E-state index contributed by atoms with van der Waals surface area (Å²) in [4.78, 5) is 22.1. The third-order valence-electron chi connectivity index (χ3n) is 3.27. The molecule has 0 aliphatic heterocycles. The van der Waals surface area contributed by atoms with Gasteiger partial charge in [0.1, 0.15) is 5.75 Å². The van der Waals surface area contributed by atoms with Crippen LogP contribution in [0.1, 0.15) is 12.5 Å². The molecule has 0 aliphatic carbocycles. The van der Waals surface area contributed by atoms with Gasteiger partial charge in [-0.2, -0.15) is 0 Å². The van der Waals surface area contributed by atoms with E-state index in [4.69, 9.17) is 14.2 Å². The fourth-order valence-corrected chi connectivity index (χ4v) is 1.97. The van der Waals surface area contributed by atoms with Gasteiger partial charge < -0.3 is 14.2 Å². The first kappa shape index (κ1) is 17.3. The van der Waals surface area contributed by atoms with E-state index in [1.165, 1.54) is 19.2 Å².